The van der Waals surface area contributed by atoms with Crippen molar-refractivity contribution in [2.45, 2.75) is 0 Å². The van der Waals surface area contributed by atoms with Gasteiger partial charge in [0.15, 0.2) is 5.76 Å². The number of nitrogens with one attached hydrogen (secondary N) is 1. The second kappa shape index (κ2) is 7.33. The molecule has 0 atom stereocenters. The van der Waals surface area contributed by atoms with Crippen LogP contribution >= 0.6 is 11.6 Å². The van der Waals surface area contributed by atoms with Gasteiger partial charge in [0, 0.05) is 40.4 Å². The summed E-state index contributed by atoms with van der Waals surface area (Å²) in [5.74, 6) is 1.19. The zero-order chi connectivity index (χ0) is 19.6. The summed E-state index contributed by atoms with van der Waals surface area (Å²) in [7, 11) is 0. The summed E-state index contributed by atoms with van der Waals surface area (Å²) in [6.07, 6.45) is 5.20. The van der Waals surface area contributed by atoms with E-state index in [1.807, 2.05) is 60.7 Å². The molecule has 3 aromatic heterocycles. The molecule has 0 fully saturated rings. The fraction of sp³-hybridized carbons (Fsp3) is 0. The minimum Gasteiger partial charge on any atom is -0.355 e. The molecule has 5 aromatic rings. The Morgan fingerprint density at radius 1 is 0.897 bits per heavy atom. The Bertz CT molecular complexity index is 1290. The van der Waals surface area contributed by atoms with E-state index < -0.39 is 0 Å². The van der Waals surface area contributed by atoms with Crippen LogP contribution in [0.1, 0.15) is 0 Å². The van der Waals surface area contributed by atoms with Gasteiger partial charge >= 0.3 is 0 Å². The van der Waals surface area contributed by atoms with Crippen molar-refractivity contribution in [2.24, 2.45) is 0 Å². The minimum atomic E-state index is 0.503. The minimum absolute atomic E-state index is 0.503. The predicted octanol–water partition coefficient (Wildman–Crippen LogP) is 5.74. The van der Waals surface area contributed by atoms with Gasteiger partial charge in [-0.2, -0.15) is 0 Å². The van der Waals surface area contributed by atoms with Gasteiger partial charge in [0.1, 0.15) is 5.52 Å². The van der Waals surface area contributed by atoms with Crippen LogP contribution in [0.2, 0.25) is 5.02 Å². The van der Waals surface area contributed by atoms with Gasteiger partial charge in [0.2, 0.25) is 5.95 Å². The van der Waals surface area contributed by atoms with Gasteiger partial charge in [0.25, 0.3) is 0 Å². The Kier molecular flexibility index (Phi) is 4.38. The van der Waals surface area contributed by atoms with Crippen molar-refractivity contribution in [3.05, 3.63) is 84.3 Å². The van der Waals surface area contributed by atoms with Gasteiger partial charge in [0.05, 0.1) is 11.1 Å². The third-order valence-electron chi connectivity index (χ3n) is 4.45. The van der Waals surface area contributed by atoms with Crippen molar-refractivity contribution in [3.63, 3.8) is 0 Å². The molecule has 0 saturated heterocycles. The van der Waals surface area contributed by atoms with E-state index in [4.69, 9.17) is 16.1 Å². The number of benzene rings is 2. The maximum Gasteiger partial charge on any atom is 0.227 e. The summed E-state index contributed by atoms with van der Waals surface area (Å²) < 4.78 is 5.56. The van der Waals surface area contributed by atoms with Crippen LogP contribution in [-0.2, 0) is 0 Å². The Morgan fingerprint density at radius 2 is 1.79 bits per heavy atom. The smallest absolute Gasteiger partial charge is 0.227 e. The molecule has 3 heterocycles. The highest BCUT2D eigenvalue weighted by Crippen LogP contribution is 2.31. The number of fused-ring (bicyclic) bond motifs is 1. The lowest BCUT2D eigenvalue weighted by molar-refractivity contribution is 0.441. The number of aromatic nitrogens is 4. The third-order valence-corrected chi connectivity index (χ3v) is 4.70. The van der Waals surface area contributed by atoms with Crippen LogP contribution in [0, 0.1) is 0 Å². The zero-order valence-electron chi connectivity index (χ0n) is 15.1. The van der Waals surface area contributed by atoms with Crippen LogP contribution in [-0.4, -0.2) is 20.1 Å². The highest BCUT2D eigenvalue weighted by Gasteiger charge is 2.13. The quantitative estimate of drug-likeness (QED) is 0.415. The van der Waals surface area contributed by atoms with Crippen molar-refractivity contribution in [3.8, 4) is 22.6 Å². The maximum atomic E-state index is 5.94. The first-order valence-electron chi connectivity index (χ1n) is 8.92. The average molecular weight is 400 g/mol. The zero-order valence-corrected chi connectivity index (χ0v) is 15.8. The standard InChI is InChI=1S/C22H14ClN5O/c23-16-4-6-17(7-5-16)26-22-25-11-9-19(27-22)14-3-8-20-18(12-14)21(29-28-20)15-2-1-10-24-13-15/h1-13H,(H,25,26,27). The maximum absolute atomic E-state index is 5.94. The van der Waals surface area contributed by atoms with Gasteiger partial charge in [-0.05, 0) is 54.6 Å². The normalized spacial score (nSPS) is 10.9. The first kappa shape index (κ1) is 17.3. The number of halogens is 1. The van der Waals surface area contributed by atoms with Crippen LogP contribution in [0.3, 0.4) is 0 Å². The first-order chi connectivity index (χ1) is 14.3. The van der Waals surface area contributed by atoms with E-state index in [-0.39, 0.29) is 0 Å². The summed E-state index contributed by atoms with van der Waals surface area (Å²) >= 11 is 5.94. The van der Waals surface area contributed by atoms with Crippen molar-refractivity contribution in [2.75, 3.05) is 5.32 Å². The largest absolute Gasteiger partial charge is 0.355 e. The molecule has 29 heavy (non-hydrogen) atoms. The molecule has 0 aliphatic carbocycles. The molecule has 5 rings (SSSR count). The molecule has 0 bridgehead atoms. The van der Waals surface area contributed by atoms with E-state index in [9.17, 15) is 0 Å². The molecule has 0 spiro atoms. The number of anilines is 2. The highest BCUT2D eigenvalue weighted by atomic mass is 35.5. The molecule has 1 N–H and O–H groups in total. The summed E-state index contributed by atoms with van der Waals surface area (Å²) in [5.41, 5.74) is 4.24. The third kappa shape index (κ3) is 3.53. The Balaban J connectivity index is 1.51. The molecule has 0 unspecified atom stereocenters. The lowest BCUT2D eigenvalue weighted by Crippen LogP contribution is -1.97. The lowest BCUT2D eigenvalue weighted by atomic mass is 10.1. The molecular formula is C22H14ClN5O. The molecule has 0 amide bonds. The first-order valence-corrected chi connectivity index (χ1v) is 9.30. The van der Waals surface area contributed by atoms with Crippen LogP contribution < -0.4 is 5.32 Å². The summed E-state index contributed by atoms with van der Waals surface area (Å²) in [4.78, 5) is 13.1. The monoisotopic (exact) mass is 399 g/mol. The van der Waals surface area contributed by atoms with Gasteiger partial charge in [-0.15, -0.1) is 0 Å². The SMILES string of the molecule is Clc1ccc(Nc2nccc(-c3ccc4noc(-c5cccnc5)c4c3)n2)cc1. The van der Waals surface area contributed by atoms with Crippen molar-refractivity contribution in [1.29, 1.82) is 0 Å². The van der Waals surface area contributed by atoms with E-state index in [1.165, 1.54) is 0 Å². The number of hydrogen-bond donors (Lipinski definition) is 1. The fourth-order valence-electron chi connectivity index (χ4n) is 3.05. The second-order valence-electron chi connectivity index (χ2n) is 6.38. The molecule has 6 nitrogen and oxygen atoms in total. The topological polar surface area (TPSA) is 76.7 Å². The van der Waals surface area contributed by atoms with Gasteiger partial charge in [-0.3, -0.25) is 4.98 Å². The van der Waals surface area contributed by atoms with E-state index >= 15 is 0 Å². The Labute approximate surface area is 171 Å². The van der Waals surface area contributed by atoms with Crippen LogP contribution in [0.25, 0.3) is 33.5 Å². The number of rotatable bonds is 4. The van der Waals surface area contributed by atoms with Gasteiger partial charge in [-0.25, -0.2) is 9.97 Å². The van der Waals surface area contributed by atoms with Crippen LogP contribution in [0.15, 0.2) is 83.8 Å². The molecule has 0 aliphatic rings. The number of pyridine rings is 1. The fourth-order valence-corrected chi connectivity index (χ4v) is 3.17. The predicted molar refractivity (Wildman–Crippen MR) is 113 cm³/mol. The van der Waals surface area contributed by atoms with Gasteiger partial charge in [-0.1, -0.05) is 22.8 Å². The summed E-state index contributed by atoms with van der Waals surface area (Å²) in [6.45, 7) is 0. The van der Waals surface area contributed by atoms with E-state index in [0.717, 1.165) is 33.4 Å². The van der Waals surface area contributed by atoms with Crippen LogP contribution in [0.5, 0.6) is 0 Å². The van der Waals surface area contributed by atoms with E-state index in [0.29, 0.717) is 16.7 Å². The van der Waals surface area contributed by atoms with E-state index in [1.54, 1.807) is 18.6 Å². The number of nitrogens with zero attached hydrogens (tertiary/aromatic N) is 4. The average Bonchev–Trinajstić information content (AvgIpc) is 3.19. The Hall–Kier alpha value is -3.77. The van der Waals surface area contributed by atoms with Gasteiger partial charge < -0.3 is 9.84 Å². The van der Waals surface area contributed by atoms with E-state index in [2.05, 4.69) is 25.4 Å². The molecule has 7 heteroatoms. The Morgan fingerprint density at radius 3 is 2.62 bits per heavy atom. The van der Waals surface area contributed by atoms with Crippen LogP contribution in [0.4, 0.5) is 11.6 Å². The highest BCUT2D eigenvalue weighted by molar-refractivity contribution is 6.30. The summed E-state index contributed by atoms with van der Waals surface area (Å²) in [6, 6.07) is 19.0. The van der Waals surface area contributed by atoms with Crippen molar-refractivity contribution < 1.29 is 4.52 Å². The second-order valence-corrected chi connectivity index (χ2v) is 6.82. The van der Waals surface area contributed by atoms with Crippen molar-refractivity contribution >= 4 is 34.1 Å². The molecule has 0 saturated carbocycles. The molecule has 0 radical (unpaired) electrons. The number of hydrogen-bond acceptors (Lipinski definition) is 6. The molecule has 2 aromatic carbocycles. The molecular weight excluding hydrogens is 386 g/mol. The molecule has 140 valence electrons. The lowest BCUT2D eigenvalue weighted by Gasteiger charge is -2.07. The van der Waals surface area contributed by atoms with Crippen molar-refractivity contribution in [1.82, 2.24) is 20.1 Å². The summed E-state index contributed by atoms with van der Waals surface area (Å²) in [5, 5.41) is 8.92. The molecule has 0 aliphatic heterocycles.